The van der Waals surface area contributed by atoms with Crippen molar-refractivity contribution >= 4 is 21.9 Å². The normalized spacial score (nSPS) is 11.3. The summed E-state index contributed by atoms with van der Waals surface area (Å²) in [7, 11) is 1.87. The van der Waals surface area contributed by atoms with E-state index in [4.69, 9.17) is 9.15 Å². The van der Waals surface area contributed by atoms with Gasteiger partial charge in [-0.25, -0.2) is 4.79 Å². The van der Waals surface area contributed by atoms with Gasteiger partial charge in [0.05, 0.1) is 23.2 Å². The highest BCUT2D eigenvalue weighted by Gasteiger charge is 2.21. The lowest BCUT2D eigenvalue weighted by Crippen LogP contribution is -2.05. The number of benzene rings is 2. The Balaban J connectivity index is 1.92. The number of aryl methyl sites for hydroxylation is 1. The molecular formula is C20H17NO4. The molecule has 0 saturated carbocycles. The van der Waals surface area contributed by atoms with Crippen LogP contribution in [0.3, 0.4) is 0 Å². The van der Waals surface area contributed by atoms with E-state index in [0.717, 1.165) is 22.3 Å². The highest BCUT2D eigenvalue weighted by molar-refractivity contribution is 6.04. The number of hydrogen-bond acceptors (Lipinski definition) is 4. The van der Waals surface area contributed by atoms with Crippen molar-refractivity contribution in [2.24, 2.45) is 7.05 Å². The number of aliphatic hydroxyl groups excluding tert-OH is 1. The molecule has 0 saturated heterocycles. The average molecular weight is 335 g/mol. The maximum absolute atomic E-state index is 12.5. The lowest BCUT2D eigenvalue weighted by molar-refractivity contribution is 0.267. The summed E-state index contributed by atoms with van der Waals surface area (Å²) in [6, 6.07) is 16.8. The molecule has 1 N–H and O–H groups in total. The predicted octanol–water partition coefficient (Wildman–Crippen LogP) is 3.36. The van der Waals surface area contributed by atoms with Gasteiger partial charge in [0, 0.05) is 18.0 Å². The third-order valence-corrected chi connectivity index (χ3v) is 4.45. The van der Waals surface area contributed by atoms with Gasteiger partial charge in [-0.3, -0.25) is 0 Å². The van der Waals surface area contributed by atoms with Crippen molar-refractivity contribution in [1.82, 2.24) is 4.57 Å². The summed E-state index contributed by atoms with van der Waals surface area (Å²) in [5.41, 5.74) is 2.14. The van der Waals surface area contributed by atoms with E-state index in [1.165, 1.54) is 0 Å². The molecule has 0 aliphatic rings. The minimum Gasteiger partial charge on any atom is -0.487 e. The van der Waals surface area contributed by atoms with E-state index in [1.807, 2.05) is 60.1 Å². The Labute approximate surface area is 143 Å². The highest BCUT2D eigenvalue weighted by atomic mass is 16.5. The number of para-hydroxylation sites is 2. The molecule has 2 aromatic carbocycles. The van der Waals surface area contributed by atoms with Gasteiger partial charge in [0.25, 0.3) is 0 Å². The number of aromatic nitrogens is 1. The second-order valence-electron chi connectivity index (χ2n) is 5.85. The van der Waals surface area contributed by atoms with Crippen LogP contribution in [0.5, 0.6) is 5.75 Å². The number of ether oxygens (including phenoxy) is 1. The first-order valence-electron chi connectivity index (χ1n) is 8.01. The van der Waals surface area contributed by atoms with Crippen LogP contribution in [0.4, 0.5) is 0 Å². The molecule has 126 valence electrons. The Morgan fingerprint density at radius 1 is 1.08 bits per heavy atom. The van der Waals surface area contributed by atoms with Crippen LogP contribution in [0.25, 0.3) is 21.9 Å². The number of aliphatic hydroxyl groups is 1. The molecule has 2 heterocycles. The zero-order valence-corrected chi connectivity index (χ0v) is 13.7. The van der Waals surface area contributed by atoms with Crippen molar-refractivity contribution < 1.29 is 14.3 Å². The van der Waals surface area contributed by atoms with Gasteiger partial charge < -0.3 is 18.8 Å². The Bertz CT molecular complexity index is 1110. The Morgan fingerprint density at radius 3 is 2.56 bits per heavy atom. The zero-order valence-electron chi connectivity index (χ0n) is 13.7. The molecule has 0 spiro atoms. The molecule has 25 heavy (non-hydrogen) atoms. The van der Waals surface area contributed by atoms with Gasteiger partial charge in [0.2, 0.25) is 0 Å². The molecule has 0 radical (unpaired) electrons. The minimum absolute atomic E-state index is 0.249. The van der Waals surface area contributed by atoms with E-state index in [0.29, 0.717) is 16.5 Å². The van der Waals surface area contributed by atoms with E-state index in [1.54, 1.807) is 6.07 Å². The van der Waals surface area contributed by atoms with Crippen LogP contribution in [0.15, 0.2) is 63.8 Å². The molecule has 2 aromatic heterocycles. The summed E-state index contributed by atoms with van der Waals surface area (Å²) in [6.07, 6.45) is 0. The Kier molecular flexibility index (Phi) is 3.78. The first-order chi connectivity index (χ1) is 12.2. The van der Waals surface area contributed by atoms with E-state index in [-0.39, 0.29) is 13.2 Å². The van der Waals surface area contributed by atoms with Crippen molar-refractivity contribution in [1.29, 1.82) is 0 Å². The third kappa shape index (κ3) is 2.49. The number of nitrogens with zero attached hydrogens (tertiary/aromatic N) is 1. The molecule has 4 rings (SSSR count). The SMILES string of the molecule is Cn1c(COc2ccccc2)c(CO)c2c(=O)oc3ccccc3c21. The van der Waals surface area contributed by atoms with Crippen LogP contribution in [0, 0.1) is 0 Å². The molecule has 0 bridgehead atoms. The van der Waals surface area contributed by atoms with Gasteiger partial charge >= 0.3 is 5.63 Å². The quantitative estimate of drug-likeness (QED) is 0.581. The highest BCUT2D eigenvalue weighted by Crippen LogP contribution is 2.30. The fraction of sp³-hybridized carbons (Fsp3) is 0.150. The summed E-state index contributed by atoms with van der Waals surface area (Å²) >= 11 is 0. The average Bonchev–Trinajstić information content (AvgIpc) is 2.94. The fourth-order valence-corrected chi connectivity index (χ4v) is 3.25. The van der Waals surface area contributed by atoms with Crippen LogP contribution >= 0.6 is 0 Å². The zero-order chi connectivity index (χ0) is 17.4. The first kappa shape index (κ1) is 15.5. The van der Waals surface area contributed by atoms with Gasteiger partial charge in [-0.15, -0.1) is 0 Å². The van der Waals surface area contributed by atoms with Crippen molar-refractivity contribution in [2.75, 3.05) is 0 Å². The van der Waals surface area contributed by atoms with Crippen LogP contribution in [-0.2, 0) is 20.3 Å². The van der Waals surface area contributed by atoms with Crippen LogP contribution in [0.1, 0.15) is 11.3 Å². The van der Waals surface area contributed by atoms with E-state index in [2.05, 4.69) is 0 Å². The molecule has 0 unspecified atom stereocenters. The van der Waals surface area contributed by atoms with Crippen molar-refractivity contribution in [3.05, 3.63) is 76.3 Å². The van der Waals surface area contributed by atoms with Crippen molar-refractivity contribution in [3.63, 3.8) is 0 Å². The molecular weight excluding hydrogens is 318 g/mol. The van der Waals surface area contributed by atoms with Crippen LogP contribution in [-0.4, -0.2) is 9.67 Å². The minimum atomic E-state index is -0.445. The summed E-state index contributed by atoms with van der Waals surface area (Å²) in [6.45, 7) is -0.00717. The number of fused-ring (bicyclic) bond motifs is 3. The van der Waals surface area contributed by atoms with E-state index < -0.39 is 5.63 Å². The molecule has 5 heteroatoms. The summed E-state index contributed by atoms with van der Waals surface area (Å²) in [4.78, 5) is 12.5. The lowest BCUT2D eigenvalue weighted by atomic mass is 10.1. The molecule has 0 atom stereocenters. The fourth-order valence-electron chi connectivity index (χ4n) is 3.25. The molecule has 0 aliphatic carbocycles. The third-order valence-electron chi connectivity index (χ3n) is 4.45. The summed E-state index contributed by atoms with van der Waals surface area (Å²) in [5.74, 6) is 0.730. The second kappa shape index (κ2) is 6.11. The molecule has 5 nitrogen and oxygen atoms in total. The standard InChI is InChI=1S/C20H17NO4/c1-21-16(12-24-13-7-3-2-4-8-13)15(11-22)18-19(21)14-9-5-6-10-17(14)25-20(18)23/h2-10,22H,11-12H2,1H3. The molecule has 0 amide bonds. The molecule has 0 fully saturated rings. The van der Waals surface area contributed by atoms with Gasteiger partial charge in [0.1, 0.15) is 17.9 Å². The maximum Gasteiger partial charge on any atom is 0.346 e. The van der Waals surface area contributed by atoms with Crippen molar-refractivity contribution in [2.45, 2.75) is 13.2 Å². The smallest absolute Gasteiger partial charge is 0.346 e. The second-order valence-corrected chi connectivity index (χ2v) is 5.85. The van der Waals surface area contributed by atoms with E-state index in [9.17, 15) is 9.90 Å². The maximum atomic E-state index is 12.5. The van der Waals surface area contributed by atoms with Gasteiger partial charge in [-0.05, 0) is 24.3 Å². The largest absolute Gasteiger partial charge is 0.487 e. The summed E-state index contributed by atoms with van der Waals surface area (Å²) < 4.78 is 13.2. The lowest BCUT2D eigenvalue weighted by Gasteiger charge is -2.09. The van der Waals surface area contributed by atoms with Gasteiger partial charge in [0.15, 0.2) is 0 Å². The summed E-state index contributed by atoms with van der Waals surface area (Å²) in [5, 5.41) is 11.1. The predicted molar refractivity (Wildman–Crippen MR) is 95.7 cm³/mol. The topological polar surface area (TPSA) is 64.6 Å². The molecule has 0 aliphatic heterocycles. The van der Waals surface area contributed by atoms with Gasteiger partial charge in [-0.2, -0.15) is 0 Å². The Hall–Kier alpha value is -3.05. The van der Waals surface area contributed by atoms with Crippen molar-refractivity contribution in [3.8, 4) is 5.75 Å². The molecule has 4 aromatic rings. The number of rotatable bonds is 4. The first-order valence-corrected chi connectivity index (χ1v) is 8.01. The number of hydrogen-bond donors (Lipinski definition) is 1. The monoisotopic (exact) mass is 335 g/mol. The van der Waals surface area contributed by atoms with Gasteiger partial charge in [-0.1, -0.05) is 30.3 Å². The van der Waals surface area contributed by atoms with Crippen LogP contribution < -0.4 is 10.4 Å². The van der Waals surface area contributed by atoms with Crippen LogP contribution in [0.2, 0.25) is 0 Å². The van der Waals surface area contributed by atoms with E-state index >= 15 is 0 Å². The Morgan fingerprint density at radius 2 is 1.80 bits per heavy atom.